The Morgan fingerprint density at radius 3 is 2.22 bits per heavy atom. The van der Waals surface area contributed by atoms with Crippen molar-refractivity contribution < 1.29 is 14.3 Å². The molecule has 1 aromatic heterocycles. The summed E-state index contributed by atoms with van der Waals surface area (Å²) in [4.78, 5) is 28.6. The zero-order valence-electron chi connectivity index (χ0n) is 19.5. The van der Waals surface area contributed by atoms with Crippen LogP contribution in [0.1, 0.15) is 16.1 Å². The maximum Gasteiger partial charge on any atom is 0.323 e. The number of halogens is 1. The highest BCUT2D eigenvalue weighted by molar-refractivity contribution is 6.30. The monoisotopic (exact) mass is 511 g/mol. The third kappa shape index (κ3) is 8.05. The number of pyridine rings is 1. The molecule has 3 N–H and O–H groups in total. The molecule has 3 aromatic carbocycles. The second-order valence-electron chi connectivity index (χ2n) is 7.58. The van der Waals surface area contributed by atoms with Crippen molar-refractivity contribution in [2.24, 2.45) is 5.10 Å². The van der Waals surface area contributed by atoms with E-state index in [9.17, 15) is 9.59 Å². The average Bonchev–Trinajstić information content (AvgIpc) is 2.91. The Morgan fingerprint density at radius 1 is 0.838 bits per heavy atom. The molecule has 1 heterocycles. The Hall–Kier alpha value is -4.95. The second kappa shape index (κ2) is 12.7. The van der Waals surface area contributed by atoms with Crippen LogP contribution in [0.4, 0.5) is 16.2 Å². The van der Waals surface area contributed by atoms with Crippen LogP contribution in [0.25, 0.3) is 6.08 Å². The number of nitrogens with zero attached hydrogens (tertiary/aromatic N) is 2. The van der Waals surface area contributed by atoms with Crippen LogP contribution in [0, 0.1) is 0 Å². The molecule has 3 amide bonds. The number of hydrogen-bond donors (Lipinski definition) is 3. The van der Waals surface area contributed by atoms with Crippen LogP contribution in [0.2, 0.25) is 5.02 Å². The molecule has 0 aliphatic carbocycles. The zero-order valence-corrected chi connectivity index (χ0v) is 20.2. The molecule has 0 bridgehead atoms. The largest absolute Gasteiger partial charge is 0.457 e. The number of rotatable bonds is 8. The summed E-state index contributed by atoms with van der Waals surface area (Å²) in [6.45, 7) is 0. The number of anilines is 2. The Kier molecular flexibility index (Phi) is 8.61. The van der Waals surface area contributed by atoms with Crippen molar-refractivity contribution in [2.45, 2.75) is 0 Å². The van der Waals surface area contributed by atoms with Gasteiger partial charge >= 0.3 is 6.03 Å². The van der Waals surface area contributed by atoms with Crippen LogP contribution in [0.5, 0.6) is 11.5 Å². The lowest BCUT2D eigenvalue weighted by Gasteiger charge is -2.10. The molecule has 4 rings (SSSR count). The first-order valence-corrected chi connectivity index (χ1v) is 11.6. The molecular weight excluding hydrogens is 490 g/mol. The lowest BCUT2D eigenvalue weighted by molar-refractivity contribution is 0.0950. The molecule has 0 unspecified atom stereocenters. The zero-order chi connectivity index (χ0) is 25.9. The summed E-state index contributed by atoms with van der Waals surface area (Å²) >= 11 is 5.85. The molecular formula is C28H22ClN5O3. The van der Waals surface area contributed by atoms with Gasteiger partial charge in [-0.2, -0.15) is 5.10 Å². The first-order valence-electron chi connectivity index (χ1n) is 11.2. The Balaban J connectivity index is 1.28. The fourth-order valence-corrected chi connectivity index (χ4v) is 3.21. The van der Waals surface area contributed by atoms with Crippen LogP contribution < -0.4 is 20.8 Å². The first-order chi connectivity index (χ1) is 18.0. The van der Waals surface area contributed by atoms with Crippen molar-refractivity contribution in [1.29, 1.82) is 0 Å². The lowest BCUT2D eigenvalue weighted by atomic mass is 10.2. The maximum atomic E-state index is 12.4. The Morgan fingerprint density at radius 2 is 1.51 bits per heavy atom. The normalized spacial score (nSPS) is 10.8. The molecule has 0 saturated heterocycles. The van der Waals surface area contributed by atoms with Gasteiger partial charge in [0.1, 0.15) is 17.2 Å². The van der Waals surface area contributed by atoms with Gasteiger partial charge in [-0.25, -0.2) is 10.2 Å². The Labute approximate surface area is 218 Å². The number of urea groups is 1. The second-order valence-corrected chi connectivity index (χ2v) is 8.01. The van der Waals surface area contributed by atoms with Gasteiger partial charge in [-0.15, -0.1) is 0 Å². The van der Waals surface area contributed by atoms with E-state index in [-0.39, 0.29) is 11.7 Å². The van der Waals surface area contributed by atoms with Crippen molar-refractivity contribution in [1.82, 2.24) is 10.4 Å². The summed E-state index contributed by atoms with van der Waals surface area (Å²) in [6.07, 6.45) is 6.55. The van der Waals surface area contributed by atoms with Crippen molar-refractivity contribution in [2.75, 3.05) is 10.6 Å². The van der Waals surface area contributed by atoms with Crippen LogP contribution in [0.3, 0.4) is 0 Å². The molecule has 0 saturated carbocycles. The number of ether oxygens (including phenoxy) is 1. The van der Waals surface area contributed by atoms with Crippen LogP contribution >= 0.6 is 11.6 Å². The fourth-order valence-electron chi connectivity index (χ4n) is 3.08. The third-order valence-corrected chi connectivity index (χ3v) is 5.08. The summed E-state index contributed by atoms with van der Waals surface area (Å²) < 4.78 is 5.82. The molecule has 4 aromatic rings. The predicted molar refractivity (Wildman–Crippen MR) is 146 cm³/mol. The van der Waals surface area contributed by atoms with Gasteiger partial charge in [0.15, 0.2) is 0 Å². The highest BCUT2D eigenvalue weighted by atomic mass is 35.5. The van der Waals surface area contributed by atoms with Crippen LogP contribution in [-0.2, 0) is 0 Å². The van der Waals surface area contributed by atoms with Crippen molar-refractivity contribution in [3.8, 4) is 11.5 Å². The summed E-state index contributed by atoms with van der Waals surface area (Å²) in [5.41, 5.74) is 4.80. The van der Waals surface area contributed by atoms with E-state index in [2.05, 4.69) is 26.1 Å². The molecule has 0 fully saturated rings. The molecule has 8 nitrogen and oxygen atoms in total. The van der Waals surface area contributed by atoms with E-state index in [1.54, 1.807) is 60.7 Å². The highest BCUT2D eigenvalue weighted by Crippen LogP contribution is 2.23. The van der Waals surface area contributed by atoms with Crippen molar-refractivity contribution >= 4 is 47.2 Å². The van der Waals surface area contributed by atoms with Crippen molar-refractivity contribution in [3.63, 3.8) is 0 Å². The van der Waals surface area contributed by atoms with Gasteiger partial charge in [-0.3, -0.25) is 9.78 Å². The summed E-state index contributed by atoms with van der Waals surface area (Å²) in [7, 11) is 0. The SMILES string of the molecule is O=C(Nc1ccc(Cl)cc1)Nc1ccc(Oc2ccnc(C(=O)NN=CC=Cc3ccccc3)c2)cc1. The van der Waals surface area contributed by atoms with E-state index in [0.717, 1.165) is 5.56 Å². The van der Waals surface area contributed by atoms with Gasteiger partial charge < -0.3 is 15.4 Å². The topological polar surface area (TPSA) is 105 Å². The standard InChI is InChI=1S/C28H22ClN5O3/c29-21-8-10-22(11-9-21)32-28(36)33-23-12-14-24(15-13-23)37-25-16-18-30-26(19-25)27(35)34-31-17-4-7-20-5-2-1-3-6-20/h1-19H,(H,34,35)(H2,32,33,36). The van der Waals surface area contributed by atoms with Gasteiger partial charge in [0, 0.05) is 34.9 Å². The number of hydrazone groups is 1. The molecule has 0 aliphatic heterocycles. The van der Waals surface area contributed by atoms with E-state index in [4.69, 9.17) is 16.3 Å². The van der Waals surface area contributed by atoms with Crippen LogP contribution in [0.15, 0.2) is 108 Å². The van der Waals surface area contributed by atoms with E-state index in [0.29, 0.717) is 27.9 Å². The lowest BCUT2D eigenvalue weighted by Crippen LogP contribution is -2.19. The van der Waals surface area contributed by atoms with E-state index < -0.39 is 5.91 Å². The number of aromatic nitrogens is 1. The molecule has 184 valence electrons. The van der Waals surface area contributed by atoms with Gasteiger partial charge in [0.05, 0.1) is 0 Å². The van der Waals surface area contributed by atoms with Gasteiger partial charge in [0.2, 0.25) is 0 Å². The number of carbonyl (C=O) groups is 2. The Bertz CT molecular complexity index is 1410. The summed E-state index contributed by atoms with van der Waals surface area (Å²) in [5, 5.41) is 9.95. The molecule has 9 heteroatoms. The molecule has 37 heavy (non-hydrogen) atoms. The van der Waals surface area contributed by atoms with Crippen molar-refractivity contribution in [3.05, 3.63) is 120 Å². The summed E-state index contributed by atoms with van der Waals surface area (Å²) in [6, 6.07) is 26.1. The summed E-state index contributed by atoms with van der Waals surface area (Å²) in [5.74, 6) is 0.473. The minimum atomic E-state index is -0.471. The number of amides is 3. The van der Waals surface area contributed by atoms with Gasteiger partial charge in [-0.05, 0) is 66.2 Å². The predicted octanol–water partition coefficient (Wildman–Crippen LogP) is 6.60. The number of benzene rings is 3. The minimum absolute atomic E-state index is 0.152. The number of allylic oxidation sites excluding steroid dienone is 1. The molecule has 0 atom stereocenters. The van der Waals surface area contributed by atoms with Gasteiger partial charge in [-0.1, -0.05) is 48.0 Å². The maximum absolute atomic E-state index is 12.4. The number of carbonyl (C=O) groups excluding carboxylic acids is 2. The van der Waals surface area contributed by atoms with Gasteiger partial charge in [0.25, 0.3) is 5.91 Å². The quantitative estimate of drug-likeness (QED) is 0.183. The molecule has 0 aliphatic rings. The van der Waals surface area contributed by atoms with E-state index >= 15 is 0 Å². The van der Waals surface area contributed by atoms with Crippen LogP contribution in [-0.4, -0.2) is 23.1 Å². The molecule has 0 radical (unpaired) electrons. The average molecular weight is 512 g/mol. The molecule has 0 spiro atoms. The van der Waals surface area contributed by atoms with E-state index in [1.807, 2.05) is 36.4 Å². The third-order valence-electron chi connectivity index (χ3n) is 4.83. The fraction of sp³-hybridized carbons (Fsp3) is 0. The first kappa shape index (κ1) is 25.2. The highest BCUT2D eigenvalue weighted by Gasteiger charge is 2.09. The number of nitrogens with one attached hydrogen (secondary N) is 3. The van der Waals surface area contributed by atoms with E-state index in [1.165, 1.54) is 18.5 Å². The number of hydrogen-bond acceptors (Lipinski definition) is 5. The minimum Gasteiger partial charge on any atom is -0.457 e. The smallest absolute Gasteiger partial charge is 0.323 e.